The van der Waals surface area contributed by atoms with Gasteiger partial charge in [0.05, 0.1) is 0 Å². The number of guanidine groups is 1. The first-order valence-electron chi connectivity index (χ1n) is 7.17. The van der Waals surface area contributed by atoms with Crippen molar-refractivity contribution in [3.63, 3.8) is 0 Å². The van der Waals surface area contributed by atoms with Crippen molar-refractivity contribution in [3.8, 4) is 0 Å². The van der Waals surface area contributed by atoms with Gasteiger partial charge in [0, 0.05) is 20.1 Å². The molecule has 1 aromatic rings. The van der Waals surface area contributed by atoms with Gasteiger partial charge in [0.15, 0.2) is 5.96 Å². The Bertz CT molecular complexity index is 406. The molecule has 0 saturated carbocycles. The molecule has 1 unspecified atom stereocenters. The van der Waals surface area contributed by atoms with Crippen molar-refractivity contribution in [2.75, 3.05) is 32.1 Å². The number of thioether (sulfide) groups is 1. The zero-order chi connectivity index (χ0) is 14.8. The number of hydrogen-bond acceptors (Lipinski definition) is 2. The summed E-state index contributed by atoms with van der Waals surface area (Å²) in [4.78, 5) is 4.25. The lowest BCUT2D eigenvalue weighted by molar-refractivity contribution is 0.696. The van der Waals surface area contributed by atoms with Crippen LogP contribution in [-0.4, -0.2) is 38.1 Å². The molecule has 1 atom stereocenters. The summed E-state index contributed by atoms with van der Waals surface area (Å²) in [5.41, 5.74) is 2.67. The van der Waals surface area contributed by atoms with Gasteiger partial charge in [-0.25, -0.2) is 0 Å². The Morgan fingerprint density at radius 2 is 1.90 bits per heavy atom. The summed E-state index contributed by atoms with van der Waals surface area (Å²) in [5.74, 6) is 2.55. The molecular formula is C16H28IN3S. The number of aryl methyl sites for hydroxylation is 1. The average Bonchev–Trinajstić information content (AvgIpc) is 2.47. The smallest absolute Gasteiger partial charge is 0.190 e. The van der Waals surface area contributed by atoms with Gasteiger partial charge in [0.2, 0.25) is 0 Å². The minimum Gasteiger partial charge on any atom is -0.356 e. The quantitative estimate of drug-likeness (QED) is 0.306. The highest BCUT2D eigenvalue weighted by Crippen LogP contribution is 2.14. The summed E-state index contributed by atoms with van der Waals surface area (Å²) in [6.45, 7) is 6.22. The lowest BCUT2D eigenvalue weighted by atomic mass is 10.0. The summed E-state index contributed by atoms with van der Waals surface area (Å²) in [5, 5.41) is 6.74. The van der Waals surface area contributed by atoms with Crippen molar-refractivity contribution in [1.29, 1.82) is 0 Å². The Balaban J connectivity index is 0.00000400. The third-order valence-corrected chi connectivity index (χ3v) is 3.96. The monoisotopic (exact) mass is 421 g/mol. The fourth-order valence-electron chi connectivity index (χ4n) is 1.91. The summed E-state index contributed by atoms with van der Waals surface area (Å²) in [6, 6.07) is 8.75. The second kappa shape index (κ2) is 12.1. The van der Waals surface area contributed by atoms with Gasteiger partial charge < -0.3 is 10.6 Å². The number of nitrogens with zero attached hydrogens (tertiary/aromatic N) is 1. The lowest BCUT2D eigenvalue weighted by Gasteiger charge is -2.16. The molecule has 3 nitrogen and oxygen atoms in total. The Labute approximate surface area is 150 Å². The van der Waals surface area contributed by atoms with Crippen molar-refractivity contribution in [2.45, 2.75) is 26.2 Å². The highest BCUT2D eigenvalue weighted by atomic mass is 127. The molecule has 0 aromatic heterocycles. The van der Waals surface area contributed by atoms with E-state index in [1.54, 1.807) is 0 Å². The molecule has 0 aliphatic rings. The molecule has 2 N–H and O–H groups in total. The fourth-order valence-corrected chi connectivity index (χ4v) is 2.34. The van der Waals surface area contributed by atoms with Crippen LogP contribution >= 0.6 is 35.7 Å². The number of hydrogen-bond donors (Lipinski definition) is 2. The van der Waals surface area contributed by atoms with Crippen LogP contribution in [0.3, 0.4) is 0 Å². The van der Waals surface area contributed by atoms with Crippen LogP contribution in [0, 0.1) is 6.92 Å². The van der Waals surface area contributed by atoms with E-state index in [1.807, 2.05) is 18.8 Å². The molecule has 0 aliphatic heterocycles. The normalized spacial score (nSPS) is 12.5. The molecule has 0 amide bonds. The van der Waals surface area contributed by atoms with Crippen molar-refractivity contribution in [2.24, 2.45) is 4.99 Å². The maximum absolute atomic E-state index is 4.25. The van der Waals surface area contributed by atoms with E-state index in [0.29, 0.717) is 5.92 Å². The summed E-state index contributed by atoms with van der Waals surface area (Å²) < 4.78 is 0. The molecule has 1 rings (SSSR count). The predicted octanol–water partition coefficient (Wildman–Crippen LogP) is 3.63. The number of nitrogens with one attached hydrogen (secondary N) is 2. The van der Waals surface area contributed by atoms with Gasteiger partial charge in [-0.3, -0.25) is 4.99 Å². The lowest BCUT2D eigenvalue weighted by Crippen LogP contribution is -2.39. The molecule has 0 bridgehead atoms. The van der Waals surface area contributed by atoms with Crippen molar-refractivity contribution in [3.05, 3.63) is 35.4 Å². The number of rotatable bonds is 7. The van der Waals surface area contributed by atoms with E-state index < -0.39 is 0 Å². The maximum Gasteiger partial charge on any atom is 0.190 e. The number of aliphatic imine (C=N–C) groups is 1. The summed E-state index contributed by atoms with van der Waals surface area (Å²) in [6.07, 6.45) is 3.30. The molecule has 0 heterocycles. The van der Waals surface area contributed by atoms with Gasteiger partial charge in [-0.1, -0.05) is 36.8 Å². The van der Waals surface area contributed by atoms with Crippen molar-refractivity contribution < 1.29 is 0 Å². The van der Waals surface area contributed by atoms with Gasteiger partial charge >= 0.3 is 0 Å². The van der Waals surface area contributed by atoms with Crippen LogP contribution in [0.5, 0.6) is 0 Å². The predicted molar refractivity (Wildman–Crippen MR) is 107 cm³/mol. The molecule has 0 radical (unpaired) electrons. The fraction of sp³-hybridized carbons (Fsp3) is 0.562. The molecule has 120 valence electrons. The van der Waals surface area contributed by atoms with E-state index in [1.165, 1.54) is 16.9 Å². The molecule has 1 aromatic carbocycles. The van der Waals surface area contributed by atoms with E-state index in [-0.39, 0.29) is 24.0 Å². The second-order valence-corrected chi connectivity index (χ2v) is 6.02. The third kappa shape index (κ3) is 8.56. The van der Waals surface area contributed by atoms with Crippen molar-refractivity contribution in [1.82, 2.24) is 10.6 Å². The average molecular weight is 421 g/mol. The zero-order valence-electron chi connectivity index (χ0n) is 13.5. The third-order valence-electron chi connectivity index (χ3n) is 3.26. The van der Waals surface area contributed by atoms with E-state index in [4.69, 9.17) is 0 Å². The van der Waals surface area contributed by atoms with E-state index in [2.05, 4.69) is 60.0 Å². The van der Waals surface area contributed by atoms with Crippen LogP contribution in [0.15, 0.2) is 29.3 Å². The van der Waals surface area contributed by atoms with Gasteiger partial charge in [-0.2, -0.15) is 11.8 Å². The molecule has 5 heteroatoms. The topological polar surface area (TPSA) is 36.4 Å². The van der Waals surface area contributed by atoms with Crippen LogP contribution in [0.25, 0.3) is 0 Å². The van der Waals surface area contributed by atoms with Gasteiger partial charge in [-0.15, -0.1) is 24.0 Å². The first-order valence-corrected chi connectivity index (χ1v) is 8.56. The van der Waals surface area contributed by atoms with Crippen LogP contribution in [0.1, 0.15) is 30.4 Å². The minimum atomic E-state index is 0. The molecule has 0 saturated heterocycles. The molecule has 0 aliphatic carbocycles. The van der Waals surface area contributed by atoms with E-state index in [0.717, 1.165) is 25.5 Å². The highest BCUT2D eigenvalue weighted by molar-refractivity contribution is 14.0. The minimum absolute atomic E-state index is 0. The molecular weight excluding hydrogens is 393 g/mol. The summed E-state index contributed by atoms with van der Waals surface area (Å²) >= 11 is 1.88. The van der Waals surface area contributed by atoms with E-state index in [9.17, 15) is 0 Å². The zero-order valence-corrected chi connectivity index (χ0v) is 16.6. The molecule has 0 spiro atoms. The SMILES string of the molecule is CN=C(NCCCSC)NCC(C)c1ccc(C)cc1.I. The highest BCUT2D eigenvalue weighted by Gasteiger charge is 2.06. The van der Waals surface area contributed by atoms with Crippen LogP contribution < -0.4 is 10.6 Å². The molecule has 0 fully saturated rings. The van der Waals surface area contributed by atoms with Gasteiger partial charge in [0.1, 0.15) is 0 Å². The van der Waals surface area contributed by atoms with Gasteiger partial charge in [0.25, 0.3) is 0 Å². The Morgan fingerprint density at radius 1 is 1.24 bits per heavy atom. The van der Waals surface area contributed by atoms with Crippen LogP contribution in [0.2, 0.25) is 0 Å². The molecule has 21 heavy (non-hydrogen) atoms. The first kappa shape index (κ1) is 20.6. The Morgan fingerprint density at radius 3 is 2.48 bits per heavy atom. The Kier molecular flexibility index (Phi) is 11.9. The van der Waals surface area contributed by atoms with Crippen LogP contribution in [0.4, 0.5) is 0 Å². The van der Waals surface area contributed by atoms with Gasteiger partial charge in [-0.05, 0) is 36.8 Å². The number of halogens is 1. The Hall–Kier alpha value is -0.430. The first-order chi connectivity index (χ1) is 9.67. The van der Waals surface area contributed by atoms with Crippen LogP contribution in [-0.2, 0) is 0 Å². The van der Waals surface area contributed by atoms with E-state index >= 15 is 0 Å². The maximum atomic E-state index is 4.25. The largest absolute Gasteiger partial charge is 0.356 e. The summed E-state index contributed by atoms with van der Waals surface area (Å²) in [7, 11) is 1.82. The number of benzene rings is 1. The standard InChI is InChI=1S/C16H27N3S.HI/c1-13-6-8-15(9-7-13)14(2)12-19-16(17-3)18-10-5-11-20-4;/h6-9,14H,5,10-12H2,1-4H3,(H2,17,18,19);1H. The van der Waals surface area contributed by atoms with Crippen molar-refractivity contribution >= 4 is 41.7 Å². The second-order valence-electron chi connectivity index (χ2n) is 5.04.